The first-order valence-corrected chi connectivity index (χ1v) is 6.09. The zero-order valence-corrected chi connectivity index (χ0v) is 10.6. The van der Waals surface area contributed by atoms with Crippen LogP contribution in [0.25, 0.3) is 0 Å². The highest BCUT2D eigenvalue weighted by molar-refractivity contribution is 5.97. The molecule has 1 aliphatic rings. The van der Waals surface area contributed by atoms with Gasteiger partial charge in [0.15, 0.2) is 0 Å². The van der Waals surface area contributed by atoms with E-state index >= 15 is 0 Å². The highest BCUT2D eigenvalue weighted by Crippen LogP contribution is 2.31. The molecule has 5 heteroatoms. The van der Waals surface area contributed by atoms with Gasteiger partial charge in [-0.25, -0.2) is 4.79 Å². The maximum atomic E-state index is 11.8. The summed E-state index contributed by atoms with van der Waals surface area (Å²) in [5.41, 5.74) is 0.339. The van der Waals surface area contributed by atoms with Crippen molar-refractivity contribution in [2.24, 2.45) is 11.8 Å². The Kier molecular flexibility index (Phi) is 5.07. The van der Waals surface area contributed by atoms with Crippen molar-refractivity contribution in [3.05, 3.63) is 11.6 Å². The summed E-state index contributed by atoms with van der Waals surface area (Å²) in [4.78, 5) is 34.3. The monoisotopic (exact) mass is 254 g/mol. The lowest BCUT2D eigenvalue weighted by Crippen LogP contribution is -2.34. The maximum absolute atomic E-state index is 11.8. The number of hydrogen-bond acceptors (Lipinski definition) is 4. The molecule has 0 radical (unpaired) electrons. The van der Waals surface area contributed by atoms with Gasteiger partial charge in [-0.2, -0.15) is 0 Å². The molecule has 1 aliphatic carbocycles. The van der Waals surface area contributed by atoms with Gasteiger partial charge in [0.2, 0.25) is 0 Å². The molecule has 0 aliphatic heterocycles. The number of esters is 2. The van der Waals surface area contributed by atoms with Crippen LogP contribution in [0, 0.1) is 11.8 Å². The molecule has 0 saturated heterocycles. The van der Waals surface area contributed by atoms with E-state index in [-0.39, 0.29) is 0 Å². The van der Waals surface area contributed by atoms with Gasteiger partial charge >= 0.3 is 17.9 Å². The van der Waals surface area contributed by atoms with Gasteiger partial charge in [-0.3, -0.25) is 9.59 Å². The molecular weight excluding hydrogens is 236 g/mol. The second-order valence-corrected chi connectivity index (χ2v) is 4.52. The molecule has 5 nitrogen and oxygen atoms in total. The van der Waals surface area contributed by atoms with Crippen LogP contribution in [0.5, 0.6) is 0 Å². The number of carboxylic acids is 1. The van der Waals surface area contributed by atoms with Crippen molar-refractivity contribution in [3.63, 3.8) is 0 Å². The van der Waals surface area contributed by atoms with Gasteiger partial charge in [-0.05, 0) is 26.7 Å². The lowest BCUT2D eigenvalue weighted by Gasteiger charge is -2.26. The lowest BCUT2D eigenvalue weighted by molar-refractivity contribution is -0.166. The molecule has 0 aromatic carbocycles. The van der Waals surface area contributed by atoms with Gasteiger partial charge in [0.05, 0.1) is 11.8 Å². The summed E-state index contributed by atoms with van der Waals surface area (Å²) < 4.78 is 4.71. The number of carbonyl (C=O) groups excluding carboxylic acids is 2. The molecule has 0 aromatic heterocycles. The Morgan fingerprint density at radius 3 is 2.22 bits per heavy atom. The fourth-order valence-electron chi connectivity index (χ4n) is 2.07. The summed E-state index contributed by atoms with van der Waals surface area (Å²) in [6, 6.07) is 0. The van der Waals surface area contributed by atoms with Gasteiger partial charge in [0.1, 0.15) is 0 Å². The fourth-order valence-corrected chi connectivity index (χ4v) is 2.07. The van der Waals surface area contributed by atoms with E-state index in [4.69, 9.17) is 9.84 Å². The maximum Gasteiger partial charge on any atom is 0.341 e. The van der Waals surface area contributed by atoms with E-state index in [1.807, 2.05) is 0 Å². The topological polar surface area (TPSA) is 80.7 Å². The molecular formula is C13H18O5. The number of rotatable bonds is 3. The molecule has 1 rings (SSSR count). The molecule has 0 amide bonds. The minimum absolute atomic E-state index is 0.339. The molecule has 1 fully saturated rings. The Morgan fingerprint density at radius 1 is 1.17 bits per heavy atom. The normalized spacial score (nSPS) is 24.4. The predicted octanol–water partition coefficient (Wildman–Crippen LogP) is 1.91. The van der Waals surface area contributed by atoms with E-state index in [1.165, 1.54) is 0 Å². The zero-order chi connectivity index (χ0) is 13.7. The lowest BCUT2D eigenvalue weighted by atomic mass is 9.79. The Labute approximate surface area is 106 Å². The van der Waals surface area contributed by atoms with Crippen molar-refractivity contribution in [2.45, 2.75) is 39.5 Å². The van der Waals surface area contributed by atoms with Gasteiger partial charge in [0.25, 0.3) is 0 Å². The fraction of sp³-hybridized carbons (Fsp3) is 0.615. The summed E-state index contributed by atoms with van der Waals surface area (Å²) in [5.74, 6) is -3.84. The third-order valence-corrected chi connectivity index (χ3v) is 3.33. The Morgan fingerprint density at radius 2 is 1.72 bits per heavy atom. The Balaban J connectivity index is 2.70. The second kappa shape index (κ2) is 6.33. The number of ether oxygens (including phenoxy) is 1. The number of aliphatic carboxylic acids is 1. The zero-order valence-electron chi connectivity index (χ0n) is 10.6. The Bertz CT molecular complexity index is 383. The van der Waals surface area contributed by atoms with Crippen LogP contribution in [0.1, 0.15) is 39.5 Å². The van der Waals surface area contributed by atoms with Gasteiger partial charge in [-0.15, -0.1) is 0 Å². The molecule has 2 unspecified atom stereocenters. The standard InChI is InChI=1S/C13H18O5/c1-3-8(2)12(16)18-13(17)10-7-5-4-6-9(10)11(14)15/h3,9-10H,4-7H2,1-2H3,(H,14,15). The first-order valence-electron chi connectivity index (χ1n) is 6.09. The van der Waals surface area contributed by atoms with E-state index in [1.54, 1.807) is 19.9 Å². The smallest absolute Gasteiger partial charge is 0.341 e. The third kappa shape index (κ3) is 3.42. The van der Waals surface area contributed by atoms with Crippen molar-refractivity contribution < 1.29 is 24.2 Å². The minimum Gasteiger partial charge on any atom is -0.481 e. The van der Waals surface area contributed by atoms with E-state index < -0.39 is 29.7 Å². The van der Waals surface area contributed by atoms with E-state index in [2.05, 4.69) is 0 Å². The summed E-state index contributed by atoms with van der Waals surface area (Å²) in [7, 11) is 0. The molecule has 0 heterocycles. The molecule has 0 spiro atoms. The van der Waals surface area contributed by atoms with E-state index in [0.29, 0.717) is 18.4 Å². The Hall–Kier alpha value is -1.65. The molecule has 1 saturated carbocycles. The first kappa shape index (κ1) is 14.4. The van der Waals surface area contributed by atoms with Crippen LogP contribution in [0.4, 0.5) is 0 Å². The van der Waals surface area contributed by atoms with Gasteiger partial charge in [0, 0.05) is 5.57 Å². The first-order chi connectivity index (χ1) is 8.47. The summed E-state index contributed by atoms with van der Waals surface area (Å²) in [6.45, 7) is 3.22. The number of carbonyl (C=O) groups is 3. The highest BCUT2D eigenvalue weighted by atomic mass is 16.6. The molecule has 0 aromatic rings. The molecule has 2 atom stereocenters. The van der Waals surface area contributed by atoms with Crippen LogP contribution < -0.4 is 0 Å². The van der Waals surface area contributed by atoms with Crippen LogP contribution in [-0.2, 0) is 19.1 Å². The van der Waals surface area contributed by atoms with Crippen molar-refractivity contribution in [2.75, 3.05) is 0 Å². The number of hydrogen-bond donors (Lipinski definition) is 1. The van der Waals surface area contributed by atoms with Crippen LogP contribution in [0.2, 0.25) is 0 Å². The molecule has 100 valence electrons. The minimum atomic E-state index is -0.994. The second-order valence-electron chi connectivity index (χ2n) is 4.52. The summed E-state index contributed by atoms with van der Waals surface area (Å²) in [5, 5.41) is 9.04. The van der Waals surface area contributed by atoms with Gasteiger partial charge in [-0.1, -0.05) is 18.9 Å². The van der Waals surface area contributed by atoms with Crippen LogP contribution >= 0.6 is 0 Å². The SMILES string of the molecule is CC=C(C)C(=O)OC(=O)C1CCCCC1C(=O)O. The summed E-state index contributed by atoms with van der Waals surface area (Å²) in [6.07, 6.45) is 4.07. The summed E-state index contributed by atoms with van der Waals surface area (Å²) >= 11 is 0. The van der Waals surface area contributed by atoms with Crippen molar-refractivity contribution in [3.8, 4) is 0 Å². The highest BCUT2D eigenvalue weighted by Gasteiger charge is 2.37. The quantitative estimate of drug-likeness (QED) is 0.472. The molecule has 18 heavy (non-hydrogen) atoms. The number of carboxylic acid groups (broad SMARTS) is 1. The average Bonchev–Trinajstić information content (AvgIpc) is 2.37. The van der Waals surface area contributed by atoms with Crippen molar-refractivity contribution >= 4 is 17.9 Å². The third-order valence-electron chi connectivity index (χ3n) is 3.33. The largest absolute Gasteiger partial charge is 0.481 e. The van der Waals surface area contributed by atoms with Crippen molar-refractivity contribution in [1.82, 2.24) is 0 Å². The van der Waals surface area contributed by atoms with E-state index in [0.717, 1.165) is 12.8 Å². The molecule has 0 bridgehead atoms. The van der Waals surface area contributed by atoms with Crippen LogP contribution in [0.15, 0.2) is 11.6 Å². The number of allylic oxidation sites excluding steroid dienone is 1. The van der Waals surface area contributed by atoms with Crippen LogP contribution in [0.3, 0.4) is 0 Å². The van der Waals surface area contributed by atoms with Crippen molar-refractivity contribution in [1.29, 1.82) is 0 Å². The van der Waals surface area contributed by atoms with E-state index in [9.17, 15) is 14.4 Å². The predicted molar refractivity (Wildman–Crippen MR) is 63.6 cm³/mol. The van der Waals surface area contributed by atoms with Crippen LogP contribution in [-0.4, -0.2) is 23.0 Å². The molecule has 1 N–H and O–H groups in total. The average molecular weight is 254 g/mol. The van der Waals surface area contributed by atoms with Gasteiger partial charge < -0.3 is 9.84 Å².